The van der Waals surface area contributed by atoms with Gasteiger partial charge in [-0.3, -0.25) is 4.79 Å². The van der Waals surface area contributed by atoms with Gasteiger partial charge in [-0.15, -0.1) is 10.2 Å². The second-order valence-electron chi connectivity index (χ2n) is 6.27. The molecule has 0 aliphatic carbocycles. The molecule has 152 valence electrons. The van der Waals surface area contributed by atoms with E-state index in [-0.39, 0.29) is 17.6 Å². The van der Waals surface area contributed by atoms with Crippen LogP contribution < -0.4 is 14.2 Å². The van der Waals surface area contributed by atoms with Crippen molar-refractivity contribution >= 4 is 17.5 Å². The predicted octanol–water partition coefficient (Wildman–Crippen LogP) is 3.77. The van der Waals surface area contributed by atoms with Crippen LogP contribution in [-0.2, 0) is 13.7 Å². The molecule has 0 aliphatic heterocycles. The fourth-order valence-corrected chi connectivity index (χ4v) is 3.51. The fourth-order valence-electron chi connectivity index (χ4n) is 2.59. The molecule has 0 bridgehead atoms. The molecule has 0 fully saturated rings. The summed E-state index contributed by atoms with van der Waals surface area (Å²) in [5, 5.41) is 8.75. The molecular weight excluding hydrogens is 390 g/mol. The number of ketones is 1. The third-order valence-corrected chi connectivity index (χ3v) is 5.51. The first kappa shape index (κ1) is 20.7. The van der Waals surface area contributed by atoms with E-state index in [1.807, 2.05) is 42.8 Å². The van der Waals surface area contributed by atoms with Gasteiger partial charge >= 0.3 is 0 Å². The average molecular weight is 413 g/mol. The van der Waals surface area contributed by atoms with Crippen molar-refractivity contribution in [1.82, 2.24) is 14.8 Å². The van der Waals surface area contributed by atoms with Crippen molar-refractivity contribution in [3.8, 4) is 17.2 Å². The Balaban J connectivity index is 1.61. The van der Waals surface area contributed by atoms with E-state index in [1.54, 1.807) is 38.5 Å². The highest BCUT2D eigenvalue weighted by atomic mass is 32.2. The van der Waals surface area contributed by atoms with Gasteiger partial charge in [0.15, 0.2) is 16.8 Å². The van der Waals surface area contributed by atoms with E-state index in [4.69, 9.17) is 14.2 Å². The lowest BCUT2D eigenvalue weighted by Crippen LogP contribution is -2.14. The molecule has 0 spiro atoms. The Morgan fingerprint density at radius 1 is 0.966 bits per heavy atom. The molecular formula is C21H23N3O4S. The van der Waals surface area contributed by atoms with Crippen LogP contribution in [0.2, 0.25) is 0 Å². The lowest BCUT2D eigenvalue weighted by atomic mass is 10.1. The summed E-state index contributed by atoms with van der Waals surface area (Å²) in [4.78, 5) is 12.7. The van der Waals surface area contributed by atoms with Gasteiger partial charge < -0.3 is 18.8 Å². The smallest absolute Gasteiger partial charge is 0.191 e. The van der Waals surface area contributed by atoms with E-state index in [2.05, 4.69) is 10.2 Å². The SMILES string of the molecule is COc1ccc(OCc2nnc(S[C@@H](C)C(=O)c3ccc(OC)cc3)n2C)cc1. The molecule has 1 heterocycles. The fraction of sp³-hybridized carbons (Fsp3) is 0.286. The van der Waals surface area contributed by atoms with E-state index in [0.29, 0.717) is 22.3 Å². The van der Waals surface area contributed by atoms with E-state index in [0.717, 1.165) is 11.5 Å². The molecule has 29 heavy (non-hydrogen) atoms. The zero-order valence-electron chi connectivity index (χ0n) is 16.8. The van der Waals surface area contributed by atoms with Crippen LogP contribution >= 0.6 is 11.8 Å². The number of hydrogen-bond acceptors (Lipinski definition) is 7. The molecule has 0 aliphatic rings. The monoisotopic (exact) mass is 413 g/mol. The first-order chi connectivity index (χ1) is 14.0. The summed E-state index contributed by atoms with van der Waals surface area (Å²) in [5.41, 5.74) is 0.635. The first-order valence-electron chi connectivity index (χ1n) is 9.02. The molecule has 2 aromatic carbocycles. The van der Waals surface area contributed by atoms with E-state index in [9.17, 15) is 4.79 Å². The maximum atomic E-state index is 12.7. The lowest BCUT2D eigenvalue weighted by Gasteiger charge is -2.11. The van der Waals surface area contributed by atoms with Gasteiger partial charge in [-0.1, -0.05) is 11.8 Å². The molecule has 0 unspecified atom stereocenters. The quantitative estimate of drug-likeness (QED) is 0.390. The highest BCUT2D eigenvalue weighted by molar-refractivity contribution is 8.00. The van der Waals surface area contributed by atoms with E-state index < -0.39 is 0 Å². The van der Waals surface area contributed by atoms with Gasteiger partial charge in [0.1, 0.15) is 23.9 Å². The molecule has 0 saturated heterocycles. The van der Waals surface area contributed by atoms with Crippen molar-refractivity contribution in [2.24, 2.45) is 7.05 Å². The number of thioether (sulfide) groups is 1. The van der Waals surface area contributed by atoms with Crippen LogP contribution in [0.3, 0.4) is 0 Å². The van der Waals surface area contributed by atoms with Gasteiger partial charge in [0.25, 0.3) is 0 Å². The first-order valence-corrected chi connectivity index (χ1v) is 9.90. The van der Waals surface area contributed by atoms with Crippen molar-refractivity contribution in [3.05, 3.63) is 59.9 Å². The molecule has 0 N–H and O–H groups in total. The van der Waals surface area contributed by atoms with Crippen LogP contribution in [0.5, 0.6) is 17.2 Å². The van der Waals surface area contributed by atoms with Crippen LogP contribution in [0.15, 0.2) is 53.7 Å². The molecule has 1 atom stereocenters. The Kier molecular flexibility index (Phi) is 6.77. The van der Waals surface area contributed by atoms with E-state index >= 15 is 0 Å². The average Bonchev–Trinajstić information content (AvgIpc) is 3.11. The van der Waals surface area contributed by atoms with E-state index in [1.165, 1.54) is 11.8 Å². The zero-order valence-corrected chi connectivity index (χ0v) is 17.6. The number of methoxy groups -OCH3 is 2. The van der Waals surface area contributed by atoms with Crippen molar-refractivity contribution in [3.63, 3.8) is 0 Å². The predicted molar refractivity (Wildman–Crippen MR) is 111 cm³/mol. The summed E-state index contributed by atoms with van der Waals surface area (Å²) >= 11 is 1.37. The second-order valence-corrected chi connectivity index (χ2v) is 7.58. The molecule has 3 aromatic rings. The van der Waals surface area contributed by atoms with Crippen molar-refractivity contribution in [1.29, 1.82) is 0 Å². The van der Waals surface area contributed by atoms with Crippen molar-refractivity contribution < 1.29 is 19.0 Å². The molecule has 0 amide bonds. The third kappa shape index (κ3) is 5.08. The van der Waals surface area contributed by atoms with Gasteiger partial charge in [0.05, 0.1) is 19.5 Å². The van der Waals surface area contributed by atoms with Crippen molar-refractivity contribution in [2.75, 3.05) is 14.2 Å². The van der Waals surface area contributed by atoms with Gasteiger partial charge in [-0.2, -0.15) is 0 Å². The maximum Gasteiger partial charge on any atom is 0.191 e. The van der Waals surface area contributed by atoms with Crippen LogP contribution in [-0.4, -0.2) is 40.0 Å². The minimum absolute atomic E-state index is 0.0247. The van der Waals surface area contributed by atoms with Gasteiger partial charge in [0, 0.05) is 12.6 Å². The molecule has 0 saturated carbocycles. The summed E-state index contributed by atoms with van der Waals surface area (Å²) < 4.78 is 17.9. The number of nitrogens with zero attached hydrogens (tertiary/aromatic N) is 3. The maximum absolute atomic E-state index is 12.7. The van der Waals surface area contributed by atoms with Gasteiger partial charge in [0.2, 0.25) is 0 Å². The summed E-state index contributed by atoms with van der Waals surface area (Å²) in [6, 6.07) is 14.4. The standard InChI is InChI=1S/C21H23N3O4S/c1-14(20(25)15-5-7-16(26-3)8-6-15)29-21-23-22-19(24(21)2)13-28-18-11-9-17(27-4)10-12-18/h5-12,14H,13H2,1-4H3/t14-/m0/s1. The van der Waals surface area contributed by atoms with Gasteiger partial charge in [-0.05, 0) is 55.5 Å². The van der Waals surface area contributed by atoms with Crippen molar-refractivity contribution in [2.45, 2.75) is 23.9 Å². The number of aromatic nitrogens is 3. The highest BCUT2D eigenvalue weighted by Gasteiger charge is 2.20. The summed E-state index contributed by atoms with van der Waals surface area (Å²) in [5.74, 6) is 2.90. The number of carbonyl (C=O) groups excluding carboxylic acids is 1. The zero-order chi connectivity index (χ0) is 20.8. The largest absolute Gasteiger partial charge is 0.497 e. The summed E-state index contributed by atoms with van der Waals surface area (Å²) in [6.45, 7) is 2.14. The highest BCUT2D eigenvalue weighted by Crippen LogP contribution is 2.25. The van der Waals surface area contributed by atoms with Crippen LogP contribution in [0.25, 0.3) is 0 Å². The molecule has 8 heteroatoms. The normalized spacial score (nSPS) is 11.7. The molecule has 7 nitrogen and oxygen atoms in total. The van der Waals surface area contributed by atoms with Gasteiger partial charge in [-0.25, -0.2) is 0 Å². The second kappa shape index (κ2) is 9.47. The Morgan fingerprint density at radius 2 is 1.52 bits per heavy atom. The summed E-state index contributed by atoms with van der Waals surface area (Å²) in [6.07, 6.45) is 0. The molecule has 0 radical (unpaired) electrons. The Morgan fingerprint density at radius 3 is 2.10 bits per heavy atom. The molecule has 3 rings (SSSR count). The number of rotatable bonds is 9. The number of Topliss-reactive ketones (excluding diaryl/α,β-unsaturated/α-hetero) is 1. The Hall–Kier alpha value is -3.00. The molecule has 1 aromatic heterocycles. The topological polar surface area (TPSA) is 75.5 Å². The Bertz CT molecular complexity index is 955. The number of benzene rings is 2. The summed E-state index contributed by atoms with van der Waals surface area (Å²) in [7, 11) is 5.08. The third-order valence-electron chi connectivity index (χ3n) is 4.38. The van der Waals surface area contributed by atoms with Crippen LogP contribution in [0, 0.1) is 0 Å². The minimum atomic E-state index is -0.304. The number of carbonyl (C=O) groups is 1. The van der Waals surface area contributed by atoms with Crippen LogP contribution in [0.4, 0.5) is 0 Å². The lowest BCUT2D eigenvalue weighted by molar-refractivity contribution is 0.0994. The number of ether oxygens (including phenoxy) is 3. The minimum Gasteiger partial charge on any atom is -0.497 e. The number of hydrogen-bond donors (Lipinski definition) is 0. The van der Waals surface area contributed by atoms with Crippen LogP contribution in [0.1, 0.15) is 23.1 Å². The Labute approximate surface area is 174 Å².